The number of halogens is 2. The molecule has 2 N–H and O–H groups in total. The number of fused-ring (bicyclic) bond motifs is 1. The molecule has 0 saturated carbocycles. The number of hydrogen-bond donors (Lipinski definition) is 1. The van der Waals surface area contributed by atoms with Gasteiger partial charge in [0.2, 0.25) is 5.95 Å². The first-order valence-corrected chi connectivity index (χ1v) is 6.50. The van der Waals surface area contributed by atoms with Crippen molar-refractivity contribution in [1.29, 1.82) is 5.26 Å². The van der Waals surface area contributed by atoms with E-state index in [0.29, 0.717) is 32.3 Å². The van der Waals surface area contributed by atoms with Gasteiger partial charge in [0.25, 0.3) is 0 Å². The minimum absolute atomic E-state index is 0.269. The van der Waals surface area contributed by atoms with Crippen LogP contribution in [-0.4, -0.2) is 9.55 Å². The Kier molecular flexibility index (Phi) is 3.01. The van der Waals surface area contributed by atoms with E-state index in [1.807, 2.05) is 6.07 Å². The quantitative estimate of drug-likeness (QED) is 0.743. The number of nitrogen functional groups attached to an aromatic ring is 1. The van der Waals surface area contributed by atoms with Crippen molar-refractivity contribution in [2.75, 3.05) is 5.73 Å². The van der Waals surface area contributed by atoms with Crippen molar-refractivity contribution in [3.8, 4) is 11.8 Å². The molecule has 6 heteroatoms. The van der Waals surface area contributed by atoms with E-state index in [0.717, 1.165) is 0 Å². The lowest BCUT2D eigenvalue weighted by Crippen LogP contribution is -2.02. The number of nitrogens with zero attached hydrogens (tertiary/aromatic N) is 3. The zero-order valence-corrected chi connectivity index (χ0v) is 11.7. The van der Waals surface area contributed by atoms with E-state index in [2.05, 4.69) is 11.1 Å². The Bertz CT molecular complexity index is 861. The number of nitriles is 1. The van der Waals surface area contributed by atoms with E-state index in [9.17, 15) is 0 Å². The molecule has 4 nitrogen and oxygen atoms in total. The van der Waals surface area contributed by atoms with Crippen LogP contribution < -0.4 is 5.73 Å². The van der Waals surface area contributed by atoms with Crippen LogP contribution in [0.1, 0.15) is 5.56 Å². The Hall–Kier alpha value is -2.22. The van der Waals surface area contributed by atoms with Gasteiger partial charge in [0, 0.05) is 0 Å². The molecular formula is C14H8Cl2N4. The number of aromatic nitrogens is 2. The molecule has 3 rings (SSSR count). The van der Waals surface area contributed by atoms with Crippen molar-refractivity contribution in [3.05, 3.63) is 52.0 Å². The highest BCUT2D eigenvalue weighted by molar-refractivity contribution is 6.35. The second-order valence-electron chi connectivity index (χ2n) is 4.19. The van der Waals surface area contributed by atoms with Crippen LogP contribution in [0.3, 0.4) is 0 Å². The maximum Gasteiger partial charge on any atom is 0.206 e. The molecular weight excluding hydrogens is 295 g/mol. The van der Waals surface area contributed by atoms with E-state index in [4.69, 9.17) is 34.2 Å². The number of para-hydroxylation sites is 1. The molecule has 0 amide bonds. The molecule has 0 aliphatic heterocycles. The number of imidazole rings is 1. The van der Waals surface area contributed by atoms with Crippen LogP contribution >= 0.6 is 23.2 Å². The van der Waals surface area contributed by atoms with Crippen LogP contribution in [0.25, 0.3) is 16.7 Å². The van der Waals surface area contributed by atoms with Gasteiger partial charge >= 0.3 is 0 Å². The SMILES string of the molecule is N#Cc1ccc(Cl)c(-n2c(N)nc3cccc(Cl)c32)c1. The number of nitrogens with two attached hydrogens (primary N) is 1. The molecule has 20 heavy (non-hydrogen) atoms. The molecule has 1 aromatic heterocycles. The summed E-state index contributed by atoms with van der Waals surface area (Å²) in [6, 6.07) is 12.4. The fourth-order valence-corrected chi connectivity index (χ4v) is 2.56. The van der Waals surface area contributed by atoms with Gasteiger partial charge < -0.3 is 5.73 Å². The highest BCUT2D eigenvalue weighted by Crippen LogP contribution is 2.32. The summed E-state index contributed by atoms with van der Waals surface area (Å²) in [7, 11) is 0. The van der Waals surface area contributed by atoms with E-state index < -0.39 is 0 Å². The Morgan fingerprint density at radius 1 is 1.15 bits per heavy atom. The zero-order chi connectivity index (χ0) is 14.3. The minimum Gasteiger partial charge on any atom is -0.369 e. The first-order chi connectivity index (χ1) is 9.61. The molecule has 0 aliphatic carbocycles. The summed E-state index contributed by atoms with van der Waals surface area (Å²) >= 11 is 12.4. The maximum atomic E-state index is 9.01. The average Bonchev–Trinajstić information content (AvgIpc) is 2.77. The van der Waals surface area contributed by atoms with Gasteiger partial charge in [-0.25, -0.2) is 4.98 Å². The summed E-state index contributed by atoms with van der Waals surface area (Å²) in [4.78, 5) is 4.26. The lowest BCUT2D eigenvalue weighted by Gasteiger charge is -2.09. The van der Waals surface area contributed by atoms with Gasteiger partial charge in [-0.15, -0.1) is 0 Å². The molecule has 3 aromatic rings. The van der Waals surface area contributed by atoms with E-state index in [-0.39, 0.29) is 5.95 Å². The summed E-state index contributed by atoms with van der Waals surface area (Å²) in [5, 5.41) is 10.00. The Morgan fingerprint density at radius 3 is 2.70 bits per heavy atom. The first kappa shape index (κ1) is 12.8. The summed E-state index contributed by atoms with van der Waals surface area (Å²) in [6.45, 7) is 0. The van der Waals surface area contributed by atoms with Crippen LogP contribution in [0.4, 0.5) is 5.95 Å². The predicted molar refractivity (Wildman–Crippen MR) is 80.2 cm³/mol. The summed E-state index contributed by atoms with van der Waals surface area (Å²) in [5.74, 6) is 0.269. The van der Waals surface area contributed by atoms with Crippen molar-refractivity contribution < 1.29 is 0 Å². The molecule has 1 heterocycles. The highest BCUT2D eigenvalue weighted by atomic mass is 35.5. The molecule has 0 atom stereocenters. The zero-order valence-electron chi connectivity index (χ0n) is 10.1. The second-order valence-corrected chi connectivity index (χ2v) is 5.01. The minimum atomic E-state index is 0.269. The van der Waals surface area contributed by atoms with E-state index in [1.165, 1.54) is 0 Å². The Labute approximate surface area is 125 Å². The van der Waals surface area contributed by atoms with Gasteiger partial charge in [0.15, 0.2) is 0 Å². The fourth-order valence-electron chi connectivity index (χ4n) is 2.10. The molecule has 0 unspecified atom stereocenters. The summed E-state index contributed by atoms with van der Waals surface area (Å²) < 4.78 is 1.65. The molecule has 0 spiro atoms. The van der Waals surface area contributed by atoms with Crippen LogP contribution in [0.2, 0.25) is 10.0 Å². The van der Waals surface area contributed by atoms with Crippen molar-refractivity contribution >= 4 is 40.2 Å². The second kappa shape index (κ2) is 4.71. The van der Waals surface area contributed by atoms with Crippen molar-refractivity contribution in [2.24, 2.45) is 0 Å². The molecule has 0 aliphatic rings. The van der Waals surface area contributed by atoms with Crippen molar-refractivity contribution in [2.45, 2.75) is 0 Å². The Morgan fingerprint density at radius 2 is 1.95 bits per heavy atom. The number of hydrogen-bond acceptors (Lipinski definition) is 3. The summed E-state index contributed by atoms with van der Waals surface area (Å²) in [6.07, 6.45) is 0. The molecule has 0 saturated heterocycles. The topological polar surface area (TPSA) is 67.6 Å². The number of anilines is 1. The van der Waals surface area contributed by atoms with Crippen LogP contribution in [0.5, 0.6) is 0 Å². The molecule has 98 valence electrons. The largest absolute Gasteiger partial charge is 0.369 e. The standard InChI is InChI=1S/C14H8Cl2N4/c15-9-5-4-8(7-17)6-12(9)20-13-10(16)2-1-3-11(13)19-14(20)18/h1-6H,(H2,18,19). The van der Waals surface area contributed by atoms with Crippen molar-refractivity contribution in [3.63, 3.8) is 0 Å². The maximum absolute atomic E-state index is 9.01. The van der Waals surface area contributed by atoms with Gasteiger partial charge in [0.05, 0.1) is 38.4 Å². The predicted octanol–water partition coefficient (Wildman–Crippen LogP) is 3.79. The first-order valence-electron chi connectivity index (χ1n) is 5.74. The van der Waals surface area contributed by atoms with Crippen LogP contribution in [0.15, 0.2) is 36.4 Å². The smallest absolute Gasteiger partial charge is 0.206 e. The molecule has 0 radical (unpaired) electrons. The highest BCUT2D eigenvalue weighted by Gasteiger charge is 2.15. The monoisotopic (exact) mass is 302 g/mol. The van der Waals surface area contributed by atoms with Gasteiger partial charge in [-0.1, -0.05) is 29.3 Å². The van der Waals surface area contributed by atoms with Gasteiger partial charge in [0.1, 0.15) is 0 Å². The van der Waals surface area contributed by atoms with Crippen LogP contribution in [0, 0.1) is 11.3 Å². The third-order valence-electron chi connectivity index (χ3n) is 2.97. The van der Waals surface area contributed by atoms with Gasteiger partial charge in [-0.05, 0) is 30.3 Å². The third kappa shape index (κ3) is 1.88. The van der Waals surface area contributed by atoms with E-state index in [1.54, 1.807) is 34.9 Å². The summed E-state index contributed by atoms with van der Waals surface area (Å²) in [5.41, 5.74) is 8.38. The van der Waals surface area contributed by atoms with Gasteiger partial charge in [-0.3, -0.25) is 4.57 Å². The van der Waals surface area contributed by atoms with Gasteiger partial charge in [-0.2, -0.15) is 5.26 Å². The van der Waals surface area contributed by atoms with Crippen LogP contribution in [-0.2, 0) is 0 Å². The lowest BCUT2D eigenvalue weighted by molar-refractivity contribution is 1.11. The molecule has 0 bridgehead atoms. The van der Waals surface area contributed by atoms with E-state index >= 15 is 0 Å². The Balaban J connectivity index is 2.41. The molecule has 2 aromatic carbocycles. The fraction of sp³-hybridized carbons (Fsp3) is 0. The normalized spacial score (nSPS) is 10.7. The number of rotatable bonds is 1. The lowest BCUT2D eigenvalue weighted by atomic mass is 10.2. The third-order valence-corrected chi connectivity index (χ3v) is 3.59. The number of benzene rings is 2. The molecule has 0 fully saturated rings. The average molecular weight is 303 g/mol. The van der Waals surface area contributed by atoms with Crippen molar-refractivity contribution in [1.82, 2.24) is 9.55 Å².